The van der Waals surface area contributed by atoms with Gasteiger partial charge in [-0.25, -0.2) is 9.59 Å². The van der Waals surface area contributed by atoms with Gasteiger partial charge in [-0.2, -0.15) is 0 Å². The molecule has 0 spiro atoms. The Hall–Kier alpha value is -3.43. The number of alkyl carbamates (subject to hydrolysis) is 1. The lowest BCUT2D eigenvalue weighted by Gasteiger charge is -2.35. The van der Waals surface area contributed by atoms with Crippen LogP contribution >= 0.6 is 0 Å². The summed E-state index contributed by atoms with van der Waals surface area (Å²) in [5.74, 6) is -2.89. The average molecular weight is 584 g/mol. The van der Waals surface area contributed by atoms with E-state index in [4.69, 9.17) is 4.74 Å². The van der Waals surface area contributed by atoms with Crippen LogP contribution in [0.5, 0.6) is 0 Å². The molecule has 2 fully saturated rings. The predicted molar refractivity (Wildman–Crippen MR) is 155 cm³/mol. The van der Waals surface area contributed by atoms with E-state index in [0.717, 1.165) is 18.2 Å². The van der Waals surface area contributed by atoms with Crippen molar-refractivity contribution in [1.82, 2.24) is 15.5 Å². The molecule has 5 atom stereocenters. The number of rotatable bonds is 9. The van der Waals surface area contributed by atoms with E-state index in [-0.39, 0.29) is 41.4 Å². The Morgan fingerprint density at radius 2 is 1.62 bits per heavy atom. The third-order valence-electron chi connectivity index (χ3n) is 8.98. The summed E-state index contributed by atoms with van der Waals surface area (Å²) >= 11 is 0. The molecule has 0 bridgehead atoms. The van der Waals surface area contributed by atoms with Gasteiger partial charge in [-0.1, -0.05) is 52.0 Å². The third-order valence-corrected chi connectivity index (χ3v) is 8.98. The summed E-state index contributed by atoms with van der Waals surface area (Å²) < 4.78 is 10.2. The van der Waals surface area contributed by atoms with Gasteiger partial charge in [0.25, 0.3) is 5.78 Å². The maximum Gasteiger partial charge on any atom is 0.408 e. The van der Waals surface area contributed by atoms with E-state index in [1.165, 1.54) is 0 Å². The van der Waals surface area contributed by atoms with Crippen molar-refractivity contribution in [2.24, 2.45) is 29.1 Å². The highest BCUT2D eigenvalue weighted by Gasteiger charge is 2.69. The van der Waals surface area contributed by atoms with E-state index < -0.39 is 47.5 Å². The smallest absolute Gasteiger partial charge is 0.408 e. The molecule has 0 radical (unpaired) electrons. The largest absolute Gasteiger partial charge is 0.463 e. The van der Waals surface area contributed by atoms with Crippen LogP contribution in [0.2, 0.25) is 0 Å². The molecule has 2 N–H and O–H groups in total. The molecule has 1 aromatic rings. The number of hydrogen-bond donors (Lipinski definition) is 2. The monoisotopic (exact) mass is 583 g/mol. The number of nitrogens with one attached hydrogen (secondary N) is 2. The topological polar surface area (TPSA) is 131 Å². The molecule has 1 aromatic carbocycles. The van der Waals surface area contributed by atoms with Crippen molar-refractivity contribution >= 4 is 29.7 Å². The van der Waals surface area contributed by atoms with Gasteiger partial charge in [-0.05, 0) is 80.2 Å². The maximum atomic E-state index is 14.4. The first-order valence-corrected chi connectivity index (χ1v) is 14.8. The molecule has 4 rings (SSSR count). The van der Waals surface area contributed by atoms with Crippen molar-refractivity contribution in [1.29, 1.82) is 0 Å². The Kier molecular flexibility index (Phi) is 8.77. The highest BCUT2D eigenvalue weighted by molar-refractivity contribution is 6.36. The number of nitrogens with zero attached hydrogens (tertiary/aromatic N) is 1. The van der Waals surface area contributed by atoms with Crippen molar-refractivity contribution in [3.63, 3.8) is 0 Å². The van der Waals surface area contributed by atoms with Crippen LogP contribution in [0.1, 0.15) is 66.0 Å². The van der Waals surface area contributed by atoms with E-state index in [1.54, 1.807) is 25.7 Å². The van der Waals surface area contributed by atoms with Crippen LogP contribution in [0, 0.1) is 29.1 Å². The van der Waals surface area contributed by atoms with Crippen molar-refractivity contribution in [2.45, 2.75) is 91.5 Å². The van der Waals surface area contributed by atoms with Gasteiger partial charge in [0.1, 0.15) is 17.7 Å². The standard InChI is InChI=1S/C32H45N3O7/c1-17(2)13-22(26(36)29(39)41-8)33-27(37)25-23-21(32(23,6)7)16-35(25)28(38)24(34-30(40)42-31(3,4)5)20-14-18-11-9-10-12-19(18)15-20/h9-12,17,20-25H,13-16H2,1-8H3,(H,33,37)(H,34,40)/t21-,22?,23-,24?,25+/m1/s1. The van der Waals surface area contributed by atoms with Gasteiger partial charge in [-0.3, -0.25) is 14.4 Å². The molecule has 3 aliphatic rings. The Morgan fingerprint density at radius 1 is 1.02 bits per heavy atom. The first-order chi connectivity index (χ1) is 19.5. The quantitative estimate of drug-likeness (QED) is 0.338. The molecule has 42 heavy (non-hydrogen) atoms. The minimum absolute atomic E-state index is 0.0155. The number of carbonyl (C=O) groups is 5. The fourth-order valence-corrected chi connectivity index (χ4v) is 6.84. The molecular weight excluding hydrogens is 538 g/mol. The number of amides is 3. The summed E-state index contributed by atoms with van der Waals surface area (Å²) in [6.07, 6.45) is 0.773. The van der Waals surface area contributed by atoms with Crippen LogP contribution in [0.25, 0.3) is 0 Å². The Bertz CT molecular complexity index is 1230. The first kappa shape index (κ1) is 31.5. The van der Waals surface area contributed by atoms with Crippen LogP contribution in [0.3, 0.4) is 0 Å². The fraction of sp³-hybridized carbons (Fsp3) is 0.656. The molecule has 1 saturated carbocycles. The predicted octanol–water partition coefficient (Wildman–Crippen LogP) is 3.05. The molecule has 10 nitrogen and oxygen atoms in total. The second-order valence-corrected chi connectivity index (χ2v) is 14.0. The Labute approximate surface area is 248 Å². The molecule has 3 amide bonds. The highest BCUT2D eigenvalue weighted by Crippen LogP contribution is 2.65. The van der Waals surface area contributed by atoms with Gasteiger partial charge in [0.15, 0.2) is 0 Å². The summed E-state index contributed by atoms with van der Waals surface area (Å²) in [7, 11) is 1.13. The third kappa shape index (κ3) is 6.47. The number of ether oxygens (including phenoxy) is 2. The van der Waals surface area contributed by atoms with Gasteiger partial charge >= 0.3 is 12.1 Å². The fourth-order valence-electron chi connectivity index (χ4n) is 6.84. The number of ketones is 1. The minimum Gasteiger partial charge on any atom is -0.463 e. The molecular formula is C32H45N3O7. The molecule has 230 valence electrons. The maximum absolute atomic E-state index is 14.4. The van der Waals surface area contributed by atoms with E-state index in [1.807, 2.05) is 38.1 Å². The van der Waals surface area contributed by atoms with Gasteiger partial charge in [0.05, 0.1) is 13.2 Å². The molecule has 2 unspecified atom stereocenters. The molecule has 2 aliphatic carbocycles. The lowest BCUT2D eigenvalue weighted by Crippen LogP contribution is -2.59. The van der Waals surface area contributed by atoms with Gasteiger partial charge < -0.3 is 25.0 Å². The second kappa shape index (κ2) is 11.7. The van der Waals surface area contributed by atoms with Crippen molar-refractivity contribution in [2.75, 3.05) is 13.7 Å². The number of carbonyl (C=O) groups excluding carboxylic acids is 5. The van der Waals surface area contributed by atoms with Gasteiger partial charge in [-0.15, -0.1) is 0 Å². The zero-order valence-electron chi connectivity index (χ0n) is 26.0. The lowest BCUT2D eigenvalue weighted by atomic mass is 9.93. The Balaban J connectivity index is 1.61. The van der Waals surface area contributed by atoms with E-state index in [9.17, 15) is 24.0 Å². The van der Waals surface area contributed by atoms with Crippen LogP contribution in [-0.4, -0.2) is 71.9 Å². The van der Waals surface area contributed by atoms with Crippen LogP contribution in [0.4, 0.5) is 4.79 Å². The van der Waals surface area contributed by atoms with E-state index in [2.05, 4.69) is 29.2 Å². The summed E-state index contributed by atoms with van der Waals surface area (Å²) in [6, 6.07) is 5.15. The normalized spacial score (nSPS) is 23.8. The summed E-state index contributed by atoms with van der Waals surface area (Å²) in [6.45, 7) is 13.6. The summed E-state index contributed by atoms with van der Waals surface area (Å²) in [4.78, 5) is 67.7. The van der Waals surface area contributed by atoms with Crippen molar-refractivity contribution in [3.05, 3.63) is 35.4 Å². The number of hydrogen-bond acceptors (Lipinski definition) is 7. The molecule has 1 saturated heterocycles. The molecule has 0 aromatic heterocycles. The summed E-state index contributed by atoms with van der Waals surface area (Å²) in [5, 5.41) is 5.63. The SMILES string of the molecule is COC(=O)C(=O)C(CC(C)C)NC(=O)[C@@H]1[C@H]2[C@@H](CN1C(=O)C(NC(=O)OC(C)(C)C)C1Cc3ccccc3C1)C2(C)C. The van der Waals surface area contributed by atoms with Gasteiger partial charge in [0.2, 0.25) is 11.8 Å². The highest BCUT2D eigenvalue weighted by atomic mass is 16.6. The van der Waals surface area contributed by atoms with Crippen molar-refractivity contribution in [3.8, 4) is 0 Å². The van der Waals surface area contributed by atoms with Crippen molar-refractivity contribution < 1.29 is 33.4 Å². The van der Waals surface area contributed by atoms with Gasteiger partial charge in [0, 0.05) is 6.54 Å². The number of fused-ring (bicyclic) bond motifs is 2. The average Bonchev–Trinajstić information content (AvgIpc) is 3.27. The van der Waals surface area contributed by atoms with Crippen LogP contribution in [0.15, 0.2) is 24.3 Å². The zero-order valence-corrected chi connectivity index (χ0v) is 26.0. The number of methoxy groups -OCH3 is 1. The molecule has 1 aliphatic heterocycles. The van der Waals surface area contributed by atoms with Crippen LogP contribution in [-0.2, 0) is 41.5 Å². The van der Waals surface area contributed by atoms with E-state index in [0.29, 0.717) is 19.4 Å². The zero-order chi connectivity index (χ0) is 31.1. The number of benzene rings is 1. The summed E-state index contributed by atoms with van der Waals surface area (Å²) in [5.41, 5.74) is 1.33. The van der Waals surface area contributed by atoms with E-state index >= 15 is 0 Å². The molecule has 10 heteroatoms. The second-order valence-electron chi connectivity index (χ2n) is 14.0. The number of esters is 1. The Morgan fingerprint density at radius 3 is 2.14 bits per heavy atom. The number of likely N-dealkylation sites (tertiary alicyclic amines) is 1. The lowest BCUT2D eigenvalue weighted by molar-refractivity contribution is -0.153. The number of piperidine rings is 1. The van der Waals surface area contributed by atoms with Crippen LogP contribution < -0.4 is 10.6 Å². The number of Topliss-reactive ketones (excluding diaryl/α,β-unsaturated/α-hetero) is 1. The first-order valence-electron chi connectivity index (χ1n) is 14.8. The minimum atomic E-state index is -1.07. The molecule has 1 heterocycles.